The molecule has 0 radical (unpaired) electrons. The maximum atomic E-state index is 12.0. The molecule has 1 aromatic heterocycles. The van der Waals surface area contributed by atoms with Gasteiger partial charge in [-0.1, -0.05) is 0 Å². The van der Waals surface area contributed by atoms with Crippen molar-refractivity contribution in [2.75, 3.05) is 13.6 Å². The third-order valence-electron chi connectivity index (χ3n) is 1.40. The van der Waals surface area contributed by atoms with E-state index in [4.69, 9.17) is 0 Å². The Morgan fingerprint density at radius 2 is 2.15 bits per heavy atom. The van der Waals surface area contributed by atoms with Gasteiger partial charge in [-0.25, -0.2) is 4.98 Å². The Balaban J connectivity index is 2.64. The topological polar surface area (TPSA) is 53.6 Å². The number of hydrogen-bond donors (Lipinski definition) is 2. The van der Waals surface area contributed by atoms with Gasteiger partial charge >= 0.3 is 6.18 Å². The molecule has 7 heteroatoms. The first kappa shape index (κ1) is 9.97. The van der Waals surface area contributed by atoms with Crippen LogP contribution in [0.25, 0.3) is 0 Å². The van der Waals surface area contributed by atoms with E-state index in [9.17, 15) is 13.2 Å². The van der Waals surface area contributed by atoms with E-state index >= 15 is 0 Å². The van der Waals surface area contributed by atoms with Gasteiger partial charge in [0.1, 0.15) is 5.82 Å². The third kappa shape index (κ3) is 2.69. The van der Waals surface area contributed by atoms with Gasteiger partial charge in [0.15, 0.2) is 0 Å². The van der Waals surface area contributed by atoms with Crippen LogP contribution in [0.5, 0.6) is 0 Å². The maximum Gasteiger partial charge on any atom is 0.453 e. The second-order valence-electron chi connectivity index (χ2n) is 2.46. The highest BCUT2D eigenvalue weighted by Gasteiger charge is 2.35. The number of nitrogens with one attached hydrogen (secondary N) is 2. The molecule has 4 nitrogen and oxygen atoms in total. The highest BCUT2D eigenvalue weighted by atomic mass is 19.4. The summed E-state index contributed by atoms with van der Waals surface area (Å²) in [5.41, 5.74) is 0. The van der Waals surface area contributed by atoms with Crippen molar-refractivity contribution < 1.29 is 13.2 Å². The summed E-state index contributed by atoms with van der Waals surface area (Å²) in [6.07, 6.45) is -4.06. The van der Waals surface area contributed by atoms with Crippen LogP contribution < -0.4 is 5.32 Å². The lowest BCUT2D eigenvalue weighted by Gasteiger charge is -1.97. The molecule has 13 heavy (non-hydrogen) atoms. The number of aromatic amines is 1. The molecule has 0 atom stereocenters. The quantitative estimate of drug-likeness (QED) is 0.740. The molecule has 1 heterocycles. The standard InChI is InChI=1S/C6H9F3N4/c1-10-3-2-4-11-5(13-12-4)6(7,8)9/h10H,2-3H2,1H3,(H,11,12,13). The Morgan fingerprint density at radius 3 is 2.62 bits per heavy atom. The predicted octanol–water partition coefficient (Wildman–Crippen LogP) is 0.585. The molecule has 0 aromatic carbocycles. The van der Waals surface area contributed by atoms with Crippen LogP contribution in [0.1, 0.15) is 11.6 Å². The second-order valence-corrected chi connectivity index (χ2v) is 2.46. The molecule has 0 saturated heterocycles. The highest BCUT2D eigenvalue weighted by Crippen LogP contribution is 2.25. The van der Waals surface area contributed by atoms with E-state index < -0.39 is 12.0 Å². The average molecular weight is 194 g/mol. The summed E-state index contributed by atoms with van der Waals surface area (Å²) in [5.74, 6) is -0.875. The van der Waals surface area contributed by atoms with E-state index in [1.165, 1.54) is 0 Å². The van der Waals surface area contributed by atoms with E-state index in [1.807, 2.05) is 0 Å². The summed E-state index contributed by atoms with van der Waals surface area (Å²) in [6, 6.07) is 0. The van der Waals surface area contributed by atoms with Gasteiger partial charge in [0.05, 0.1) is 0 Å². The van der Waals surface area contributed by atoms with Crippen molar-refractivity contribution in [1.82, 2.24) is 20.5 Å². The number of rotatable bonds is 3. The normalized spacial score (nSPS) is 12.0. The van der Waals surface area contributed by atoms with E-state index in [-0.39, 0.29) is 5.82 Å². The van der Waals surface area contributed by atoms with Crippen molar-refractivity contribution in [2.24, 2.45) is 0 Å². The lowest BCUT2D eigenvalue weighted by molar-refractivity contribution is -0.144. The zero-order valence-electron chi connectivity index (χ0n) is 6.94. The number of aromatic nitrogens is 3. The van der Waals surface area contributed by atoms with Gasteiger partial charge < -0.3 is 5.32 Å². The third-order valence-corrected chi connectivity index (χ3v) is 1.40. The first-order valence-corrected chi connectivity index (χ1v) is 3.67. The summed E-state index contributed by atoms with van der Waals surface area (Å²) in [5, 5.41) is 8.07. The minimum absolute atomic E-state index is 0.238. The Hall–Kier alpha value is -1.11. The summed E-state index contributed by atoms with van der Waals surface area (Å²) < 4.78 is 35.9. The molecule has 1 rings (SSSR count). The number of H-pyrrole nitrogens is 1. The van der Waals surface area contributed by atoms with Crippen LogP contribution in [-0.4, -0.2) is 28.8 Å². The Labute approximate surface area is 72.6 Å². The first-order valence-electron chi connectivity index (χ1n) is 3.67. The number of nitrogens with zero attached hydrogens (tertiary/aromatic N) is 2. The van der Waals surface area contributed by atoms with Crippen LogP contribution >= 0.6 is 0 Å². The lowest BCUT2D eigenvalue weighted by atomic mass is 10.4. The van der Waals surface area contributed by atoms with E-state index in [1.54, 1.807) is 7.05 Å². The molecule has 1 aromatic rings. The van der Waals surface area contributed by atoms with E-state index in [2.05, 4.69) is 20.5 Å². The zero-order chi connectivity index (χ0) is 9.90. The molecule has 0 aliphatic carbocycles. The number of alkyl halides is 3. The van der Waals surface area contributed by atoms with Crippen molar-refractivity contribution in [2.45, 2.75) is 12.6 Å². The van der Waals surface area contributed by atoms with Crippen LogP contribution in [0.15, 0.2) is 0 Å². The molecule has 0 spiro atoms. The molecule has 74 valence electrons. The SMILES string of the molecule is CNCCc1nc(C(F)(F)F)n[nH]1. The van der Waals surface area contributed by atoms with Crippen molar-refractivity contribution in [3.8, 4) is 0 Å². The van der Waals surface area contributed by atoms with Crippen LogP contribution in [-0.2, 0) is 12.6 Å². The number of hydrogen-bond acceptors (Lipinski definition) is 3. The van der Waals surface area contributed by atoms with Crippen LogP contribution in [0.2, 0.25) is 0 Å². The smallest absolute Gasteiger partial charge is 0.319 e. The monoisotopic (exact) mass is 194 g/mol. The summed E-state index contributed by atoms with van der Waals surface area (Å²) in [4.78, 5) is 3.29. The molecular formula is C6H9F3N4. The molecule has 0 fully saturated rings. The predicted molar refractivity (Wildman–Crippen MR) is 39.0 cm³/mol. The summed E-state index contributed by atoms with van der Waals surface area (Å²) in [7, 11) is 1.71. The molecular weight excluding hydrogens is 185 g/mol. The fraction of sp³-hybridized carbons (Fsp3) is 0.667. The number of halogens is 3. The fourth-order valence-corrected chi connectivity index (χ4v) is 0.777. The van der Waals surface area contributed by atoms with Gasteiger partial charge in [-0.15, -0.1) is 5.10 Å². The molecule has 0 saturated carbocycles. The first-order chi connectivity index (χ1) is 6.04. The molecule has 0 bridgehead atoms. The molecule has 0 amide bonds. The van der Waals surface area contributed by atoms with Gasteiger partial charge in [-0.2, -0.15) is 13.2 Å². The van der Waals surface area contributed by atoms with Gasteiger partial charge in [0, 0.05) is 13.0 Å². The van der Waals surface area contributed by atoms with Crippen molar-refractivity contribution in [3.63, 3.8) is 0 Å². The Kier molecular flexibility index (Phi) is 2.86. The van der Waals surface area contributed by atoms with Gasteiger partial charge in [-0.3, -0.25) is 5.10 Å². The molecule has 0 unspecified atom stereocenters. The average Bonchev–Trinajstić information content (AvgIpc) is 2.47. The Morgan fingerprint density at radius 1 is 1.46 bits per heavy atom. The van der Waals surface area contributed by atoms with Crippen molar-refractivity contribution >= 4 is 0 Å². The molecule has 0 aliphatic heterocycles. The van der Waals surface area contributed by atoms with Crippen LogP contribution in [0.4, 0.5) is 13.2 Å². The largest absolute Gasteiger partial charge is 0.453 e. The lowest BCUT2D eigenvalue weighted by Crippen LogP contribution is -2.11. The second kappa shape index (κ2) is 3.73. The Bertz CT molecular complexity index is 267. The maximum absolute atomic E-state index is 12.0. The van der Waals surface area contributed by atoms with Gasteiger partial charge in [0.25, 0.3) is 5.82 Å². The fourth-order valence-electron chi connectivity index (χ4n) is 0.777. The minimum Gasteiger partial charge on any atom is -0.319 e. The van der Waals surface area contributed by atoms with Gasteiger partial charge in [0.2, 0.25) is 0 Å². The van der Waals surface area contributed by atoms with Crippen molar-refractivity contribution in [1.29, 1.82) is 0 Å². The molecule has 0 aliphatic rings. The van der Waals surface area contributed by atoms with Gasteiger partial charge in [-0.05, 0) is 7.05 Å². The van der Waals surface area contributed by atoms with Crippen LogP contribution in [0.3, 0.4) is 0 Å². The summed E-state index contributed by atoms with van der Waals surface area (Å²) in [6.45, 7) is 0.562. The molecule has 2 N–H and O–H groups in total. The van der Waals surface area contributed by atoms with E-state index in [0.29, 0.717) is 13.0 Å². The van der Waals surface area contributed by atoms with E-state index in [0.717, 1.165) is 0 Å². The van der Waals surface area contributed by atoms with Crippen molar-refractivity contribution in [3.05, 3.63) is 11.6 Å². The van der Waals surface area contributed by atoms with Crippen LogP contribution in [0, 0.1) is 0 Å². The minimum atomic E-state index is -4.46. The highest BCUT2D eigenvalue weighted by molar-refractivity contribution is 4.94. The summed E-state index contributed by atoms with van der Waals surface area (Å²) >= 11 is 0. The number of likely N-dealkylation sites (N-methyl/N-ethyl adjacent to an activating group) is 1. The zero-order valence-corrected chi connectivity index (χ0v) is 6.94.